The van der Waals surface area contributed by atoms with Crippen molar-refractivity contribution in [3.05, 3.63) is 53.8 Å². The van der Waals surface area contributed by atoms with Crippen LogP contribution >= 0.6 is 0 Å². The Morgan fingerprint density at radius 1 is 0.769 bits per heavy atom. The molecule has 0 amide bonds. The Kier molecular flexibility index (Phi) is 7.40. The molecule has 2 radical (unpaired) electrons. The fraction of sp³-hybridized carbons (Fsp3) is 0.368. The summed E-state index contributed by atoms with van der Waals surface area (Å²) in [5.41, 5.74) is 0.451. The molecule has 7 heteroatoms. The van der Waals surface area contributed by atoms with Gasteiger partial charge in [-0.05, 0) is 44.5 Å². The Morgan fingerprint density at radius 3 is 1.85 bits per heavy atom. The van der Waals surface area contributed by atoms with Crippen molar-refractivity contribution in [2.45, 2.75) is 46.4 Å². The van der Waals surface area contributed by atoms with Gasteiger partial charge in [-0.2, -0.15) is 0 Å². The van der Waals surface area contributed by atoms with Crippen LogP contribution in [0.1, 0.15) is 27.7 Å². The number of ether oxygens (including phenoxy) is 2. The molecule has 0 spiro atoms. The Hall–Kier alpha value is -1.67. The lowest BCUT2D eigenvalue weighted by Gasteiger charge is -2.22. The number of halogens is 3. The molecular weight excluding hydrogens is 361 g/mol. The topological polar surface area (TPSA) is 27.7 Å². The van der Waals surface area contributed by atoms with Crippen molar-refractivity contribution in [3.8, 4) is 11.1 Å². The fourth-order valence-electron chi connectivity index (χ4n) is 2.11. The van der Waals surface area contributed by atoms with Crippen molar-refractivity contribution in [1.82, 2.24) is 0 Å². The molecule has 0 N–H and O–H groups in total. The van der Waals surface area contributed by atoms with Gasteiger partial charge in [-0.15, -0.1) is 0 Å². The summed E-state index contributed by atoms with van der Waals surface area (Å²) < 4.78 is 57.0. The first-order chi connectivity index (χ1) is 12.3. The maximum absolute atomic E-state index is 13.9. The molecule has 0 atom stereocenters. The average Bonchev–Trinajstić information content (AvgIpc) is 2.55. The van der Waals surface area contributed by atoms with Crippen molar-refractivity contribution >= 4 is 14.9 Å². The lowest BCUT2D eigenvalue weighted by atomic mass is 10.1. The van der Waals surface area contributed by atoms with Gasteiger partial charge in [0.2, 0.25) is 0 Å². The van der Waals surface area contributed by atoms with Gasteiger partial charge in [0.1, 0.15) is 5.82 Å². The molecule has 2 aromatic carbocycles. The van der Waals surface area contributed by atoms with Crippen molar-refractivity contribution < 1.29 is 27.1 Å². The first-order valence-corrected chi connectivity index (χ1v) is 9.14. The van der Waals surface area contributed by atoms with Crippen LogP contribution in [0.2, 0.25) is 0 Å². The highest BCUT2D eigenvalue weighted by molar-refractivity contribution is 6.46. The normalized spacial score (nSPS) is 11.8. The van der Waals surface area contributed by atoms with Crippen molar-refractivity contribution in [3.63, 3.8) is 0 Å². The van der Waals surface area contributed by atoms with E-state index in [9.17, 15) is 13.2 Å². The number of hydrogen-bond donors (Lipinski definition) is 0. The highest BCUT2D eigenvalue weighted by atomic mass is 28.2. The van der Waals surface area contributed by atoms with E-state index in [0.717, 1.165) is 11.3 Å². The van der Waals surface area contributed by atoms with E-state index in [1.807, 2.05) is 27.7 Å². The van der Waals surface area contributed by atoms with Crippen molar-refractivity contribution in [1.29, 1.82) is 0 Å². The molecule has 2 rings (SSSR count). The van der Waals surface area contributed by atoms with Gasteiger partial charge in [0, 0.05) is 11.6 Å². The SMILES string of the molecule is CC(C)OC(O[Si]c1ccc(-c2cc(F)c(F)cc2F)cc1)OC(C)C. The summed E-state index contributed by atoms with van der Waals surface area (Å²) >= 11 is 0. The molecule has 0 unspecified atom stereocenters. The molecule has 3 nitrogen and oxygen atoms in total. The molecule has 0 saturated carbocycles. The molecule has 0 aliphatic heterocycles. The van der Waals surface area contributed by atoms with Gasteiger partial charge in [0.05, 0.1) is 12.2 Å². The largest absolute Gasteiger partial charge is 0.366 e. The Balaban J connectivity index is 2.06. The van der Waals surface area contributed by atoms with Gasteiger partial charge in [-0.1, -0.05) is 24.3 Å². The third kappa shape index (κ3) is 5.95. The summed E-state index contributed by atoms with van der Waals surface area (Å²) in [5, 5.41) is 0.835. The number of hydrogen-bond acceptors (Lipinski definition) is 3. The second-order valence-corrected chi connectivity index (χ2v) is 7.22. The van der Waals surface area contributed by atoms with Gasteiger partial charge in [-0.25, -0.2) is 13.2 Å². The molecule has 2 aromatic rings. The quantitative estimate of drug-likeness (QED) is 0.390. The van der Waals surface area contributed by atoms with Gasteiger partial charge < -0.3 is 13.9 Å². The summed E-state index contributed by atoms with van der Waals surface area (Å²) in [4.78, 5) is 0. The van der Waals surface area contributed by atoms with Gasteiger partial charge in [0.25, 0.3) is 16.2 Å². The molecular formula is C19H21F3O3Si. The van der Waals surface area contributed by atoms with Crippen LogP contribution in [0.4, 0.5) is 13.2 Å². The number of benzene rings is 2. The van der Waals surface area contributed by atoms with Crippen LogP contribution in [0, 0.1) is 17.5 Å². The Morgan fingerprint density at radius 2 is 1.31 bits per heavy atom. The minimum atomic E-state index is -1.21. The molecule has 0 fully saturated rings. The third-order valence-electron chi connectivity index (χ3n) is 3.25. The second-order valence-electron chi connectivity index (χ2n) is 6.20. The zero-order valence-corrected chi connectivity index (χ0v) is 16.1. The highest BCUT2D eigenvalue weighted by Crippen LogP contribution is 2.24. The van der Waals surface area contributed by atoms with E-state index < -0.39 is 23.9 Å². The van der Waals surface area contributed by atoms with E-state index in [0.29, 0.717) is 11.6 Å². The Labute approximate surface area is 154 Å². The van der Waals surface area contributed by atoms with Crippen LogP contribution in [0.3, 0.4) is 0 Å². The summed E-state index contributed by atoms with van der Waals surface area (Å²) in [5.74, 6) is -3.11. The van der Waals surface area contributed by atoms with E-state index in [4.69, 9.17) is 13.9 Å². The average molecular weight is 382 g/mol. The summed E-state index contributed by atoms with van der Waals surface area (Å²) in [6, 6.07) is 8.11. The van der Waals surface area contributed by atoms with E-state index in [1.165, 1.54) is 0 Å². The van der Waals surface area contributed by atoms with Crippen LogP contribution in [0.5, 0.6) is 0 Å². The second kappa shape index (κ2) is 9.32. The standard InChI is InChI=1S/C19H21F3O3Si/c1-11(2)23-19(24-12(3)4)25-26-14-7-5-13(6-8-14)15-9-17(21)18(22)10-16(15)20/h5-12,19H,1-4H3. The van der Waals surface area contributed by atoms with E-state index in [-0.39, 0.29) is 27.5 Å². The van der Waals surface area contributed by atoms with Crippen LogP contribution < -0.4 is 5.19 Å². The predicted molar refractivity (Wildman–Crippen MR) is 94.5 cm³/mol. The molecule has 140 valence electrons. The van der Waals surface area contributed by atoms with Crippen LogP contribution in [0.15, 0.2) is 36.4 Å². The maximum atomic E-state index is 13.9. The summed E-state index contributed by atoms with van der Waals surface area (Å²) in [7, 11) is -0.0470. The van der Waals surface area contributed by atoms with Gasteiger partial charge in [0.15, 0.2) is 11.6 Å². The summed E-state index contributed by atoms with van der Waals surface area (Å²) in [6.45, 7) is 6.75. The maximum Gasteiger partial charge on any atom is 0.275 e. The zero-order valence-electron chi connectivity index (χ0n) is 15.1. The van der Waals surface area contributed by atoms with E-state index >= 15 is 0 Å². The van der Waals surface area contributed by atoms with Gasteiger partial charge in [-0.3, -0.25) is 0 Å². The molecule has 0 bridgehead atoms. The first kappa shape index (κ1) is 20.6. The lowest BCUT2D eigenvalue weighted by molar-refractivity contribution is -0.274. The molecule has 0 aromatic heterocycles. The van der Waals surface area contributed by atoms with Gasteiger partial charge >= 0.3 is 0 Å². The van der Waals surface area contributed by atoms with Crippen molar-refractivity contribution in [2.24, 2.45) is 0 Å². The van der Waals surface area contributed by atoms with E-state index in [1.54, 1.807) is 24.3 Å². The molecule has 0 aliphatic carbocycles. The molecule has 0 saturated heterocycles. The zero-order chi connectivity index (χ0) is 19.3. The third-order valence-corrected chi connectivity index (χ3v) is 4.12. The summed E-state index contributed by atoms with van der Waals surface area (Å²) in [6.07, 6.45) is -0.107. The van der Waals surface area contributed by atoms with Crippen LogP contribution in [-0.4, -0.2) is 28.4 Å². The minimum absolute atomic E-state index is 0.00357. The Bertz CT molecular complexity index is 711. The highest BCUT2D eigenvalue weighted by Gasteiger charge is 2.16. The molecule has 0 aliphatic rings. The minimum Gasteiger partial charge on any atom is -0.366 e. The van der Waals surface area contributed by atoms with Crippen LogP contribution in [-0.2, 0) is 13.9 Å². The number of rotatable bonds is 8. The predicted octanol–water partition coefficient (Wildman–Crippen LogP) is 4.17. The molecule has 26 heavy (non-hydrogen) atoms. The van der Waals surface area contributed by atoms with E-state index in [2.05, 4.69) is 0 Å². The molecule has 0 heterocycles. The van der Waals surface area contributed by atoms with Crippen LogP contribution in [0.25, 0.3) is 11.1 Å². The smallest absolute Gasteiger partial charge is 0.275 e. The lowest BCUT2D eigenvalue weighted by Crippen LogP contribution is -2.32. The monoisotopic (exact) mass is 382 g/mol. The van der Waals surface area contributed by atoms with Crippen molar-refractivity contribution in [2.75, 3.05) is 0 Å². The first-order valence-electron chi connectivity index (χ1n) is 8.24. The fourth-order valence-corrected chi connectivity index (χ4v) is 2.76.